The van der Waals surface area contributed by atoms with Crippen molar-refractivity contribution in [2.24, 2.45) is 0 Å². The number of oxazole rings is 1. The van der Waals surface area contributed by atoms with Gasteiger partial charge in [-0.3, -0.25) is 9.53 Å². The molecule has 1 amide bonds. The Balaban J connectivity index is 1.03. The Hall–Kier alpha value is -2.30. The molecule has 4 saturated carbocycles. The minimum Gasteiger partial charge on any atom is -0.480 e. The van der Waals surface area contributed by atoms with Gasteiger partial charge in [0.05, 0.1) is 23.8 Å². The number of aliphatic hydroxyl groups excluding tert-OH is 1. The fraction of sp³-hybridized carbons (Fsp3) is 0.565. The van der Waals surface area contributed by atoms with Crippen molar-refractivity contribution in [3.63, 3.8) is 0 Å². The summed E-state index contributed by atoms with van der Waals surface area (Å²) in [6.07, 6.45) is -2.81. The van der Waals surface area contributed by atoms with E-state index in [1.807, 2.05) is 0 Å². The van der Waals surface area contributed by atoms with Gasteiger partial charge >= 0.3 is 6.36 Å². The highest BCUT2D eigenvalue weighted by Gasteiger charge is 2.71. The number of ether oxygens (including phenoxy) is 2. The molecule has 1 aromatic heterocycles. The molecule has 4 fully saturated rings. The molecule has 1 aliphatic heterocycles. The summed E-state index contributed by atoms with van der Waals surface area (Å²) in [5.41, 5.74) is -0.0148. The molecular weight excluding hydrogens is 477 g/mol. The minimum atomic E-state index is -4.62. The maximum absolute atomic E-state index is 12.9. The van der Waals surface area contributed by atoms with E-state index in [4.69, 9.17) is 20.8 Å². The maximum Gasteiger partial charge on any atom is 0.522 e. The molecule has 0 spiro atoms. The van der Waals surface area contributed by atoms with Gasteiger partial charge in [-0.2, -0.15) is 0 Å². The van der Waals surface area contributed by atoms with Crippen LogP contribution in [0.5, 0.6) is 5.75 Å². The van der Waals surface area contributed by atoms with Crippen molar-refractivity contribution in [3.8, 4) is 5.75 Å². The first-order valence-corrected chi connectivity index (χ1v) is 11.6. The van der Waals surface area contributed by atoms with E-state index in [1.54, 1.807) is 24.4 Å². The highest BCUT2D eigenvalue weighted by molar-refractivity contribution is 6.30. The number of halogens is 4. The summed E-state index contributed by atoms with van der Waals surface area (Å²) in [6, 6.07) is 4.93. The Morgan fingerprint density at radius 1 is 1.24 bits per heavy atom. The number of rotatable bonds is 5. The predicted molar refractivity (Wildman–Crippen MR) is 111 cm³/mol. The van der Waals surface area contributed by atoms with Gasteiger partial charge in [-0.1, -0.05) is 11.6 Å². The zero-order valence-electron chi connectivity index (χ0n) is 17.9. The van der Waals surface area contributed by atoms with E-state index in [0.29, 0.717) is 47.2 Å². The largest absolute Gasteiger partial charge is 0.522 e. The van der Waals surface area contributed by atoms with Gasteiger partial charge in [-0.05, 0) is 50.3 Å². The van der Waals surface area contributed by atoms with E-state index >= 15 is 0 Å². The van der Waals surface area contributed by atoms with Gasteiger partial charge in [-0.25, -0.2) is 4.98 Å². The Morgan fingerprint density at radius 2 is 1.97 bits per heavy atom. The van der Waals surface area contributed by atoms with Crippen molar-refractivity contribution in [2.75, 3.05) is 0 Å². The number of benzene rings is 1. The lowest BCUT2D eigenvalue weighted by Crippen LogP contribution is -2.77. The highest BCUT2D eigenvalue weighted by atomic mass is 35.5. The Kier molecular flexibility index (Phi) is 4.80. The van der Waals surface area contributed by atoms with Crippen LogP contribution in [0.25, 0.3) is 0 Å². The molecular formula is C23H22ClF3N2O5. The molecule has 2 atom stereocenters. The lowest BCUT2D eigenvalue weighted by Gasteiger charge is -2.68. The van der Waals surface area contributed by atoms with Crippen LogP contribution < -0.4 is 10.1 Å². The van der Waals surface area contributed by atoms with Crippen molar-refractivity contribution in [1.82, 2.24) is 10.3 Å². The van der Waals surface area contributed by atoms with E-state index in [0.717, 1.165) is 0 Å². The molecule has 34 heavy (non-hydrogen) atoms. The van der Waals surface area contributed by atoms with Gasteiger partial charge < -0.3 is 19.6 Å². The molecule has 11 heteroatoms. The Bertz CT molecular complexity index is 1130. The van der Waals surface area contributed by atoms with Crippen molar-refractivity contribution in [3.05, 3.63) is 46.6 Å². The monoisotopic (exact) mass is 498 g/mol. The molecule has 4 aliphatic carbocycles. The number of hydrogen-bond donors (Lipinski definition) is 2. The summed E-state index contributed by atoms with van der Waals surface area (Å²) in [5.74, 6) is 1.22. The number of fused-ring (bicyclic) bond motifs is 1. The fourth-order valence-corrected chi connectivity index (χ4v) is 6.05. The van der Waals surface area contributed by atoms with Gasteiger partial charge in [0.1, 0.15) is 11.5 Å². The molecule has 0 saturated heterocycles. The number of alkyl halides is 3. The molecule has 7 rings (SSSR count). The van der Waals surface area contributed by atoms with Crippen molar-refractivity contribution < 1.29 is 37.0 Å². The van der Waals surface area contributed by atoms with Gasteiger partial charge in [0.25, 0.3) is 5.91 Å². The summed E-state index contributed by atoms with van der Waals surface area (Å²) < 4.78 is 52.7. The maximum atomic E-state index is 12.9. The van der Waals surface area contributed by atoms with Crippen molar-refractivity contribution in [1.29, 1.82) is 0 Å². The Labute approximate surface area is 197 Å². The van der Waals surface area contributed by atoms with Crippen LogP contribution in [0.15, 0.2) is 28.8 Å². The van der Waals surface area contributed by atoms with Gasteiger partial charge in [0.15, 0.2) is 6.10 Å². The first-order valence-electron chi connectivity index (χ1n) is 11.2. The number of aromatic nitrogens is 1. The molecule has 2 aromatic rings. The van der Waals surface area contributed by atoms with Crippen molar-refractivity contribution >= 4 is 17.5 Å². The van der Waals surface area contributed by atoms with E-state index < -0.39 is 24.7 Å². The third-order valence-corrected chi connectivity index (χ3v) is 7.76. The molecule has 5 aliphatic rings. The number of nitrogens with one attached hydrogen (secondary N) is 1. The van der Waals surface area contributed by atoms with Gasteiger partial charge in [0, 0.05) is 28.5 Å². The number of aliphatic hydroxyl groups is 1. The van der Waals surface area contributed by atoms with Gasteiger partial charge in [-0.15, -0.1) is 13.2 Å². The zero-order valence-corrected chi connectivity index (χ0v) is 18.7. The summed E-state index contributed by atoms with van der Waals surface area (Å²) in [4.78, 5) is 17.2. The molecule has 0 unspecified atom stereocenters. The molecule has 182 valence electrons. The number of amides is 1. The summed E-state index contributed by atoms with van der Waals surface area (Å²) in [7, 11) is 0. The normalized spacial score (nSPS) is 35.8. The predicted octanol–water partition coefficient (Wildman–Crippen LogP) is 4.29. The highest BCUT2D eigenvalue weighted by Crippen LogP contribution is 2.67. The summed E-state index contributed by atoms with van der Waals surface area (Å²) in [6.45, 7) is 0. The Morgan fingerprint density at radius 3 is 2.68 bits per heavy atom. The topological polar surface area (TPSA) is 93.8 Å². The average molecular weight is 499 g/mol. The molecule has 2 heterocycles. The average Bonchev–Trinajstić information content (AvgIpc) is 3.14. The van der Waals surface area contributed by atoms with E-state index in [9.17, 15) is 23.1 Å². The standard InChI is InChI=1S/C23H22ClF3N2O5/c24-12-1-2-16-14(5-12)15(30)6-17(32-16)19(31)29-22-8-21(9-22,10-22)20-28-7-18(33-20)11-3-13(4-11)34-23(25,26)27/h1-2,5,7,11,13,15,17,30H,3-4,6,8-10H2,(H,29,31)/t11?,13?,15-,17-,21?,22?/m1/s1. The molecule has 7 nitrogen and oxygen atoms in total. The molecule has 0 radical (unpaired) electrons. The third-order valence-electron chi connectivity index (χ3n) is 7.52. The fourth-order valence-electron chi connectivity index (χ4n) is 5.87. The van der Waals surface area contributed by atoms with E-state index in [2.05, 4.69) is 15.0 Å². The lowest BCUT2D eigenvalue weighted by molar-refractivity contribution is -0.352. The second kappa shape index (κ2) is 7.35. The van der Waals surface area contributed by atoms with Crippen LogP contribution in [0, 0.1) is 0 Å². The van der Waals surface area contributed by atoms with Crippen LogP contribution in [0.3, 0.4) is 0 Å². The van der Waals surface area contributed by atoms with Crippen LogP contribution in [0.4, 0.5) is 13.2 Å². The van der Waals surface area contributed by atoms with Crippen molar-refractivity contribution in [2.45, 2.75) is 80.1 Å². The number of carbonyl (C=O) groups is 1. The third kappa shape index (κ3) is 3.67. The smallest absolute Gasteiger partial charge is 0.480 e. The minimum absolute atomic E-state index is 0.123. The zero-order chi connectivity index (χ0) is 23.9. The quantitative estimate of drug-likeness (QED) is 0.639. The lowest BCUT2D eigenvalue weighted by atomic mass is 9.39. The van der Waals surface area contributed by atoms with Crippen LogP contribution in [-0.4, -0.2) is 40.1 Å². The SMILES string of the molecule is O=C(NC12CC(c3ncc(C4CC(OC(F)(F)F)C4)o3)(C1)C2)[C@H]1C[C@@H](O)c2cc(Cl)ccc2O1. The first kappa shape index (κ1) is 22.2. The first-order chi connectivity index (χ1) is 16.0. The van der Waals surface area contributed by atoms with Gasteiger partial charge in [0.2, 0.25) is 5.89 Å². The molecule has 1 aromatic carbocycles. The van der Waals surface area contributed by atoms with Crippen LogP contribution in [0.1, 0.15) is 67.8 Å². The summed E-state index contributed by atoms with van der Waals surface area (Å²) >= 11 is 5.98. The molecule has 2 bridgehead atoms. The molecule has 2 N–H and O–H groups in total. The number of carbonyl (C=O) groups excluding carboxylic acids is 1. The van der Waals surface area contributed by atoms with E-state index in [-0.39, 0.29) is 42.0 Å². The number of hydrogen-bond acceptors (Lipinski definition) is 6. The second-order valence-electron chi connectivity index (χ2n) is 10.0. The van der Waals surface area contributed by atoms with E-state index in [1.165, 1.54) is 0 Å². The second-order valence-corrected chi connectivity index (χ2v) is 10.5. The van der Waals surface area contributed by atoms with Crippen LogP contribution in [-0.2, 0) is 14.9 Å². The van der Waals surface area contributed by atoms with Crippen LogP contribution in [0.2, 0.25) is 5.02 Å². The summed E-state index contributed by atoms with van der Waals surface area (Å²) in [5, 5.41) is 14.0. The number of nitrogens with zero attached hydrogens (tertiary/aromatic N) is 1. The van der Waals surface area contributed by atoms with Crippen LogP contribution >= 0.6 is 11.6 Å².